The summed E-state index contributed by atoms with van der Waals surface area (Å²) in [6, 6.07) is 7.77. The van der Waals surface area contributed by atoms with E-state index in [9.17, 15) is 0 Å². The molecule has 4 aromatic heterocycles. The number of hydrogen-bond donors (Lipinski definition) is 2. The van der Waals surface area contributed by atoms with Gasteiger partial charge in [-0.2, -0.15) is 10.3 Å². The smallest absolute Gasteiger partial charge is 0.207 e. The van der Waals surface area contributed by atoms with E-state index >= 15 is 0 Å². The first-order chi connectivity index (χ1) is 11.7. The minimum Gasteiger partial charge on any atom is -0.485 e. The van der Waals surface area contributed by atoms with E-state index in [0.717, 1.165) is 23.5 Å². The zero-order valence-electron chi connectivity index (χ0n) is 13.4. The Bertz CT molecular complexity index is 1030. The lowest BCUT2D eigenvalue weighted by molar-refractivity contribution is 0.304. The molecule has 0 aliphatic heterocycles. The standard InChI is InChI=1S/C16H17N7O/c1-3-10-5-4-6-14-18-11(9(2)23(10)14)8-24-12-7-13(17)19-16-15(12)20-22-21-16/h4-7H,3,8H2,1-2H3,(H3,17,19,20,21,22). The number of nitrogens with one attached hydrogen (secondary N) is 1. The molecule has 0 unspecified atom stereocenters. The maximum atomic E-state index is 5.91. The molecule has 0 atom stereocenters. The summed E-state index contributed by atoms with van der Waals surface area (Å²) in [4.78, 5) is 8.77. The summed E-state index contributed by atoms with van der Waals surface area (Å²) in [6.07, 6.45) is 0.940. The third-order valence-electron chi connectivity index (χ3n) is 4.06. The van der Waals surface area contributed by atoms with Gasteiger partial charge >= 0.3 is 0 Å². The Morgan fingerprint density at radius 1 is 1.25 bits per heavy atom. The molecule has 0 bridgehead atoms. The first kappa shape index (κ1) is 14.4. The van der Waals surface area contributed by atoms with Gasteiger partial charge in [0.1, 0.15) is 18.1 Å². The molecule has 0 saturated heterocycles. The lowest BCUT2D eigenvalue weighted by Gasteiger charge is -2.07. The van der Waals surface area contributed by atoms with Crippen LogP contribution in [0.15, 0.2) is 24.3 Å². The van der Waals surface area contributed by atoms with Gasteiger partial charge in [0.2, 0.25) is 5.65 Å². The number of rotatable bonds is 4. The number of fused-ring (bicyclic) bond motifs is 2. The highest BCUT2D eigenvalue weighted by Gasteiger charge is 2.14. The maximum Gasteiger partial charge on any atom is 0.207 e. The van der Waals surface area contributed by atoms with Crippen LogP contribution in [0.1, 0.15) is 24.0 Å². The number of nitrogen functional groups attached to an aromatic ring is 1. The van der Waals surface area contributed by atoms with Crippen molar-refractivity contribution in [3.8, 4) is 5.75 Å². The largest absolute Gasteiger partial charge is 0.485 e. The summed E-state index contributed by atoms with van der Waals surface area (Å²) in [7, 11) is 0. The zero-order chi connectivity index (χ0) is 16.7. The van der Waals surface area contributed by atoms with E-state index in [4.69, 9.17) is 10.5 Å². The van der Waals surface area contributed by atoms with Gasteiger partial charge in [-0.1, -0.05) is 13.0 Å². The van der Waals surface area contributed by atoms with Gasteiger partial charge in [-0.05, 0) is 25.5 Å². The lowest BCUT2D eigenvalue weighted by atomic mass is 10.2. The van der Waals surface area contributed by atoms with Crippen molar-refractivity contribution >= 4 is 22.6 Å². The number of nitrogens with two attached hydrogens (primary N) is 1. The van der Waals surface area contributed by atoms with Crippen LogP contribution in [0.2, 0.25) is 0 Å². The molecule has 0 spiro atoms. The van der Waals surface area contributed by atoms with Gasteiger partial charge in [0.05, 0.1) is 5.69 Å². The van der Waals surface area contributed by atoms with Crippen molar-refractivity contribution in [2.75, 3.05) is 5.73 Å². The van der Waals surface area contributed by atoms with Crippen LogP contribution in [-0.2, 0) is 13.0 Å². The lowest BCUT2D eigenvalue weighted by Crippen LogP contribution is -2.01. The van der Waals surface area contributed by atoms with Crippen LogP contribution in [0.25, 0.3) is 16.8 Å². The summed E-state index contributed by atoms with van der Waals surface area (Å²) in [5.74, 6) is 0.879. The predicted molar refractivity (Wildman–Crippen MR) is 89.7 cm³/mol. The van der Waals surface area contributed by atoms with Crippen molar-refractivity contribution in [3.63, 3.8) is 0 Å². The second-order valence-corrected chi connectivity index (χ2v) is 5.54. The Hall–Kier alpha value is -3.16. The average molecular weight is 323 g/mol. The van der Waals surface area contributed by atoms with E-state index in [2.05, 4.69) is 42.8 Å². The van der Waals surface area contributed by atoms with Crippen LogP contribution in [-0.4, -0.2) is 29.8 Å². The second kappa shape index (κ2) is 5.48. The number of aromatic amines is 1. The maximum absolute atomic E-state index is 5.91. The van der Waals surface area contributed by atoms with E-state index < -0.39 is 0 Å². The van der Waals surface area contributed by atoms with Crippen molar-refractivity contribution in [1.82, 2.24) is 29.8 Å². The molecule has 0 fully saturated rings. The summed E-state index contributed by atoms with van der Waals surface area (Å²) in [6.45, 7) is 4.50. The van der Waals surface area contributed by atoms with Crippen LogP contribution >= 0.6 is 0 Å². The number of aryl methyl sites for hydroxylation is 2. The molecule has 3 N–H and O–H groups in total. The molecule has 4 rings (SSSR count). The van der Waals surface area contributed by atoms with E-state index in [1.165, 1.54) is 5.69 Å². The molecule has 0 saturated carbocycles. The van der Waals surface area contributed by atoms with Gasteiger partial charge in [-0.15, -0.1) is 5.10 Å². The molecule has 0 radical (unpaired) electrons. The third kappa shape index (κ3) is 2.23. The van der Waals surface area contributed by atoms with E-state index in [1.54, 1.807) is 6.07 Å². The first-order valence-electron chi connectivity index (χ1n) is 7.73. The topological polar surface area (TPSA) is 107 Å². The molecule has 4 heterocycles. The van der Waals surface area contributed by atoms with Gasteiger partial charge in [0, 0.05) is 17.5 Å². The number of anilines is 1. The number of imidazole rings is 1. The van der Waals surface area contributed by atoms with Crippen molar-refractivity contribution in [3.05, 3.63) is 41.3 Å². The Balaban J connectivity index is 1.70. The minimum absolute atomic E-state index is 0.322. The summed E-state index contributed by atoms with van der Waals surface area (Å²) < 4.78 is 8.07. The quantitative estimate of drug-likeness (QED) is 0.595. The normalized spacial score (nSPS) is 11.4. The highest BCUT2D eigenvalue weighted by atomic mass is 16.5. The highest BCUT2D eigenvalue weighted by molar-refractivity contribution is 5.78. The van der Waals surface area contributed by atoms with Crippen LogP contribution in [0.4, 0.5) is 5.82 Å². The van der Waals surface area contributed by atoms with Crippen molar-refractivity contribution in [2.45, 2.75) is 26.9 Å². The molecule has 0 aliphatic rings. The molecular formula is C16H17N7O. The molecule has 8 nitrogen and oxygen atoms in total. The highest BCUT2D eigenvalue weighted by Crippen LogP contribution is 2.24. The average Bonchev–Trinajstić information content (AvgIpc) is 3.17. The summed E-state index contributed by atoms with van der Waals surface area (Å²) in [5, 5.41) is 10.5. The predicted octanol–water partition coefficient (Wildman–Crippen LogP) is 2.03. The van der Waals surface area contributed by atoms with Gasteiger partial charge < -0.3 is 14.9 Å². The molecule has 4 aromatic rings. The minimum atomic E-state index is 0.322. The van der Waals surface area contributed by atoms with Gasteiger partial charge in [-0.3, -0.25) is 0 Å². The van der Waals surface area contributed by atoms with Gasteiger partial charge in [0.25, 0.3) is 0 Å². The van der Waals surface area contributed by atoms with Crippen molar-refractivity contribution < 1.29 is 4.74 Å². The molecule has 0 aromatic carbocycles. The Labute approximate surface area is 137 Å². The van der Waals surface area contributed by atoms with Crippen LogP contribution < -0.4 is 10.5 Å². The number of ether oxygens (including phenoxy) is 1. The SMILES string of the molecule is CCc1cccc2nc(COc3cc(N)nc4n[nH]nc34)c(C)n12. The zero-order valence-corrected chi connectivity index (χ0v) is 13.4. The summed E-state index contributed by atoms with van der Waals surface area (Å²) >= 11 is 0. The molecule has 8 heteroatoms. The molecule has 0 aliphatic carbocycles. The number of hydrogen-bond acceptors (Lipinski definition) is 6. The Morgan fingerprint density at radius 2 is 2.12 bits per heavy atom. The molecule has 122 valence electrons. The van der Waals surface area contributed by atoms with Crippen LogP contribution in [0.3, 0.4) is 0 Å². The van der Waals surface area contributed by atoms with Crippen molar-refractivity contribution in [2.24, 2.45) is 0 Å². The van der Waals surface area contributed by atoms with Crippen LogP contribution in [0.5, 0.6) is 5.75 Å². The number of nitrogens with zero attached hydrogens (tertiary/aromatic N) is 5. The second-order valence-electron chi connectivity index (χ2n) is 5.54. The third-order valence-corrected chi connectivity index (χ3v) is 4.06. The number of aromatic nitrogens is 6. The molecule has 0 amide bonds. The van der Waals surface area contributed by atoms with Crippen LogP contribution in [0, 0.1) is 6.92 Å². The fourth-order valence-electron chi connectivity index (χ4n) is 2.86. The molecule has 24 heavy (non-hydrogen) atoms. The summed E-state index contributed by atoms with van der Waals surface area (Å²) in [5.41, 5.74) is 10.9. The molecular weight excluding hydrogens is 306 g/mol. The van der Waals surface area contributed by atoms with Crippen molar-refractivity contribution in [1.29, 1.82) is 0 Å². The van der Waals surface area contributed by atoms with E-state index in [0.29, 0.717) is 29.3 Å². The van der Waals surface area contributed by atoms with Gasteiger partial charge in [0.15, 0.2) is 11.3 Å². The fourth-order valence-corrected chi connectivity index (χ4v) is 2.86. The Kier molecular flexibility index (Phi) is 3.30. The monoisotopic (exact) mass is 323 g/mol. The van der Waals surface area contributed by atoms with E-state index in [-0.39, 0.29) is 0 Å². The fraction of sp³-hybridized carbons (Fsp3) is 0.250. The number of H-pyrrole nitrogens is 1. The first-order valence-corrected chi connectivity index (χ1v) is 7.73. The van der Waals surface area contributed by atoms with E-state index in [1.807, 2.05) is 19.1 Å². The number of pyridine rings is 2. The Morgan fingerprint density at radius 3 is 2.96 bits per heavy atom. The van der Waals surface area contributed by atoms with Gasteiger partial charge in [-0.25, -0.2) is 9.97 Å².